The van der Waals surface area contributed by atoms with Crippen molar-refractivity contribution in [3.63, 3.8) is 0 Å². The van der Waals surface area contributed by atoms with Crippen LogP contribution in [0.1, 0.15) is 95.8 Å². The molecular weight excluding hydrogens is 1020 g/mol. The van der Waals surface area contributed by atoms with E-state index in [0.29, 0.717) is 67.8 Å². The smallest absolute Gasteiger partial charge is 0.137 e. The molecule has 0 unspecified atom stereocenters. The fourth-order valence-corrected chi connectivity index (χ4v) is 12.2. The lowest BCUT2D eigenvalue weighted by atomic mass is 9.63. The van der Waals surface area contributed by atoms with E-state index >= 15 is 0 Å². The van der Waals surface area contributed by atoms with Crippen LogP contribution in [0, 0.1) is 5.41 Å². The number of hydrogen-bond acceptors (Lipinski definition) is 4. The Morgan fingerprint density at radius 2 is 1.12 bits per heavy atom. The van der Waals surface area contributed by atoms with Gasteiger partial charge in [-0.2, -0.15) is 0 Å². The first-order valence-electron chi connectivity index (χ1n) is 35.2. The summed E-state index contributed by atoms with van der Waals surface area (Å²) in [5.74, 6) is 1.58. The number of para-hydroxylation sites is 4. The number of rotatable bonds is 11. The largest absolute Gasteiger partial charge is 0.457 e. The van der Waals surface area contributed by atoms with Crippen LogP contribution in [0.25, 0.3) is 83.3 Å². The van der Waals surface area contributed by atoms with Gasteiger partial charge in [0.15, 0.2) is 0 Å². The van der Waals surface area contributed by atoms with Gasteiger partial charge in [0.05, 0.1) is 43.2 Å². The van der Waals surface area contributed by atoms with Gasteiger partial charge in [0.2, 0.25) is 0 Å². The van der Waals surface area contributed by atoms with E-state index in [1.807, 2.05) is 153 Å². The number of nitrogens with zero attached hydrogens (tertiary/aromatic N) is 4. The van der Waals surface area contributed by atoms with Gasteiger partial charge in [0.25, 0.3) is 0 Å². The first-order valence-corrected chi connectivity index (χ1v) is 28.7. The second-order valence-electron chi connectivity index (χ2n) is 24.3. The van der Waals surface area contributed by atoms with Crippen LogP contribution < -0.4 is 14.5 Å². The van der Waals surface area contributed by atoms with Crippen molar-refractivity contribution in [1.82, 2.24) is 9.55 Å². The van der Waals surface area contributed by atoms with Crippen molar-refractivity contribution >= 4 is 44.6 Å². The van der Waals surface area contributed by atoms with Gasteiger partial charge in [-0.15, -0.1) is 0 Å². The van der Waals surface area contributed by atoms with Crippen LogP contribution in [0.3, 0.4) is 0 Å². The monoisotopic (exact) mass is 1100 g/mol. The Balaban J connectivity index is 0.944. The van der Waals surface area contributed by atoms with Gasteiger partial charge in [0, 0.05) is 54.2 Å². The summed E-state index contributed by atoms with van der Waals surface area (Å²) in [7, 11) is 0. The number of ether oxygens (including phenoxy) is 1. The first-order chi connectivity index (χ1) is 46.1. The Morgan fingerprint density at radius 3 is 1.87 bits per heavy atom. The van der Waals surface area contributed by atoms with Crippen molar-refractivity contribution in [2.24, 2.45) is 5.41 Å². The normalized spacial score (nSPS) is 16.8. The second-order valence-corrected chi connectivity index (χ2v) is 24.3. The van der Waals surface area contributed by atoms with E-state index in [1.165, 1.54) is 0 Å². The summed E-state index contributed by atoms with van der Waals surface area (Å²) in [6, 6.07) is 51.0. The number of fused-ring (bicyclic) bond motifs is 5. The van der Waals surface area contributed by atoms with Crippen LogP contribution in [0.4, 0.5) is 22.7 Å². The highest BCUT2D eigenvalue weighted by Gasteiger charge is 2.38. The third kappa shape index (κ3) is 9.71. The molecule has 5 heteroatoms. The molecule has 0 bridgehead atoms. The Kier molecular flexibility index (Phi) is 9.86. The number of hydrogen-bond donors (Lipinski definition) is 0. The van der Waals surface area contributed by atoms with E-state index in [9.17, 15) is 13.7 Å². The van der Waals surface area contributed by atoms with Gasteiger partial charge in [-0.3, -0.25) is 4.57 Å². The van der Waals surface area contributed by atoms with Crippen molar-refractivity contribution in [1.29, 1.82) is 0 Å². The van der Waals surface area contributed by atoms with Crippen LogP contribution >= 0.6 is 0 Å². The van der Waals surface area contributed by atoms with Gasteiger partial charge in [0.1, 0.15) is 24.0 Å². The number of benzene rings is 10. The molecule has 0 saturated carbocycles. The molecule has 14 rings (SSSR count). The molecule has 412 valence electrons. The van der Waals surface area contributed by atoms with E-state index in [-0.39, 0.29) is 70.3 Å². The average molecular weight is 1100 g/mol. The third-order valence-electron chi connectivity index (χ3n) is 16.4. The number of aromatic nitrogens is 2. The fourth-order valence-electron chi connectivity index (χ4n) is 12.2. The highest BCUT2D eigenvalue weighted by atomic mass is 16.5. The molecule has 0 N–H and O–H groups in total. The second kappa shape index (κ2) is 20.8. The van der Waals surface area contributed by atoms with E-state index < -0.39 is 58.9 Å². The van der Waals surface area contributed by atoms with Crippen LogP contribution in [0.15, 0.2) is 249 Å². The molecule has 0 fully saturated rings. The van der Waals surface area contributed by atoms with E-state index in [4.69, 9.17) is 13.8 Å². The summed E-state index contributed by atoms with van der Waals surface area (Å²) in [6.45, 7) is 14.1. The van der Waals surface area contributed by atoms with Crippen LogP contribution in [-0.4, -0.2) is 16.2 Å². The Morgan fingerprint density at radius 1 is 0.500 bits per heavy atom. The van der Waals surface area contributed by atoms with Crippen molar-refractivity contribution in [2.45, 2.75) is 78.5 Å². The molecule has 3 heterocycles. The lowest BCUT2D eigenvalue weighted by Gasteiger charge is -2.42. The van der Waals surface area contributed by atoms with Crippen molar-refractivity contribution in [3.05, 3.63) is 265 Å². The summed E-state index contributed by atoms with van der Waals surface area (Å²) in [6.07, 6.45) is 1.48. The summed E-state index contributed by atoms with van der Waals surface area (Å²) < 4.78 is 134. The molecule has 0 spiro atoms. The van der Waals surface area contributed by atoms with Gasteiger partial charge in [-0.1, -0.05) is 212 Å². The van der Waals surface area contributed by atoms with Crippen LogP contribution in [-0.2, 0) is 17.2 Å². The third-order valence-corrected chi connectivity index (χ3v) is 16.4. The maximum absolute atomic E-state index is 10.4. The minimum Gasteiger partial charge on any atom is -0.457 e. The lowest BCUT2D eigenvalue weighted by molar-refractivity contribution is 0.332. The summed E-state index contributed by atoms with van der Waals surface area (Å²) in [4.78, 5) is 9.20. The molecule has 0 amide bonds. The maximum Gasteiger partial charge on any atom is 0.137 e. The van der Waals surface area contributed by atoms with Gasteiger partial charge < -0.3 is 14.5 Å². The van der Waals surface area contributed by atoms with Gasteiger partial charge in [-0.05, 0) is 158 Å². The van der Waals surface area contributed by atoms with Crippen molar-refractivity contribution < 1.29 is 22.6 Å². The molecule has 1 aliphatic carbocycles. The summed E-state index contributed by atoms with van der Waals surface area (Å²) in [5, 5.41) is 1.93. The quantitative estimate of drug-likeness (QED) is 0.129. The van der Waals surface area contributed by atoms with E-state index in [2.05, 4.69) is 43.2 Å². The highest BCUT2D eigenvalue weighted by Crippen LogP contribution is 2.53. The van der Waals surface area contributed by atoms with Crippen molar-refractivity contribution in [3.8, 4) is 73.0 Å². The van der Waals surface area contributed by atoms with Crippen LogP contribution in [0.2, 0.25) is 0 Å². The molecule has 12 aromatic rings. The molecule has 10 aromatic carbocycles. The first kappa shape index (κ1) is 39.9. The Hall–Kier alpha value is -9.45. The maximum atomic E-state index is 10.4. The molecule has 1 aliphatic heterocycles. The molecule has 84 heavy (non-hydrogen) atoms. The zero-order valence-corrected chi connectivity index (χ0v) is 48.1. The van der Waals surface area contributed by atoms with Gasteiger partial charge >= 0.3 is 0 Å². The standard InChI is InChI=1S/C79H70N4O/c1-77(2,3)50-60-47-75(80-51-68(60)55-27-15-10-16-28-55)83-71-34-18-17-31-66(71)67-39-38-63(49-74(67)83)84-62-30-21-29-61(48-62)81-52-82(73-36-20-19-35-72(73)81)76-64(56-37-40-69-70(46-56)79(6,7)42-41-78(69,4)5)32-22-33-65(76)59-44-57(53-23-11-8-12-24-53)43-58(45-59)54-25-13-9-14-26-54/h8-40,43-49,51H,41-42,50,52H2,1-7H3/i8D,11D,12D,23D,24D,37D,40D,43D,44D,45D,46D,50D2. The molecule has 0 atom stereocenters. The minimum absolute atomic E-state index is 0.00973. The molecule has 2 aromatic heterocycles. The van der Waals surface area contributed by atoms with E-state index in [0.717, 1.165) is 45.9 Å². The Labute approximate surface area is 513 Å². The Bertz CT molecular complexity index is 5210. The summed E-state index contributed by atoms with van der Waals surface area (Å²) >= 11 is 0. The number of pyridine rings is 1. The lowest BCUT2D eigenvalue weighted by Crippen LogP contribution is -2.33. The fraction of sp³-hybridized carbons (Fsp3) is 0.177. The average Bonchev–Trinajstić information content (AvgIpc) is 1.39. The van der Waals surface area contributed by atoms with Crippen LogP contribution in [0.5, 0.6) is 11.5 Å². The SMILES string of the molecule is [2H]c1c([2H])c([2H])c(-c2c([2H])c(-c3ccccc3)c([2H])c(-c3cccc(-c4c([2H])c([2H])c5c(c4[2H])C(C)(C)CCC5(C)C)c3N3CN(c4cccc(Oc5ccc6c7ccccc7n(-c7cc(C([2H])([2H])C(C)(C)C)c(-c8ccccc8)cn7)c6c5)c4)c4ccccc43)c2[2H])c([2H])c1[2H]. The molecule has 2 aliphatic rings. The highest BCUT2D eigenvalue weighted by molar-refractivity contribution is 6.09. The predicted octanol–water partition coefficient (Wildman–Crippen LogP) is 21.5. The van der Waals surface area contributed by atoms with E-state index in [1.54, 1.807) is 48.7 Å². The molecular formula is C79H70N4O. The molecule has 0 saturated heterocycles. The summed E-state index contributed by atoms with van der Waals surface area (Å²) in [5.41, 5.74) is 6.44. The number of anilines is 4. The predicted molar refractivity (Wildman–Crippen MR) is 353 cm³/mol. The van der Waals surface area contributed by atoms with Crippen molar-refractivity contribution in [2.75, 3.05) is 16.5 Å². The topological polar surface area (TPSA) is 33.5 Å². The van der Waals surface area contributed by atoms with Gasteiger partial charge in [-0.25, -0.2) is 4.98 Å². The molecule has 0 radical (unpaired) electrons. The zero-order chi connectivity index (χ0) is 68.7. The zero-order valence-electron chi connectivity index (χ0n) is 61.1. The molecule has 5 nitrogen and oxygen atoms in total. The minimum atomic E-state index is -1.77.